The summed E-state index contributed by atoms with van der Waals surface area (Å²) in [6, 6.07) is 0. The second-order valence-electron chi connectivity index (χ2n) is 3.17. The van der Waals surface area contributed by atoms with Crippen LogP contribution in [0.15, 0.2) is 0 Å². The maximum absolute atomic E-state index is 12.5. The zero-order chi connectivity index (χ0) is 13.6. The molecule has 0 bridgehead atoms. The number of hydrogen-bond acceptors (Lipinski definition) is 1. The fourth-order valence-corrected chi connectivity index (χ4v) is 0.694. The minimum Gasteiger partial charge on any atom is -0.293 e. The molecule has 96 valence electrons. The summed E-state index contributed by atoms with van der Waals surface area (Å²) < 4.78 is 99.0. The third-order valence-corrected chi connectivity index (χ3v) is 1.78. The van der Waals surface area contributed by atoms with Gasteiger partial charge in [-0.05, 0) is 0 Å². The Morgan fingerprint density at radius 2 is 1.12 bits per heavy atom. The van der Waals surface area contributed by atoms with E-state index in [1.165, 1.54) is 0 Å². The zero-order valence-electron chi connectivity index (χ0n) is 7.93. The molecule has 0 radical (unpaired) electrons. The monoisotopic (exact) mass is 258 g/mol. The van der Waals surface area contributed by atoms with Gasteiger partial charge in [-0.2, -0.15) is 35.1 Å². The van der Waals surface area contributed by atoms with E-state index in [0.717, 1.165) is 0 Å². The van der Waals surface area contributed by atoms with E-state index in [1.807, 2.05) is 0 Å². The molecule has 9 heteroatoms. The van der Waals surface area contributed by atoms with E-state index in [-0.39, 0.29) is 6.92 Å². The van der Waals surface area contributed by atoms with Crippen LogP contribution < -0.4 is 0 Å². The van der Waals surface area contributed by atoms with Crippen molar-refractivity contribution < 1.29 is 39.9 Å². The third-order valence-electron chi connectivity index (χ3n) is 1.78. The van der Waals surface area contributed by atoms with Crippen LogP contribution in [0.2, 0.25) is 0 Å². The standard InChI is InChI=1S/C7H6F8O/c1-3(16)5(10,11)7(14,15)6(12,13)4(2,8)9/h1-2H3. The fourth-order valence-electron chi connectivity index (χ4n) is 0.694. The first-order valence-corrected chi connectivity index (χ1v) is 3.72. The van der Waals surface area contributed by atoms with Crippen LogP contribution >= 0.6 is 0 Å². The topological polar surface area (TPSA) is 17.1 Å². The molecule has 0 aliphatic heterocycles. The maximum atomic E-state index is 12.5. The molecule has 0 aliphatic carbocycles. The Balaban J connectivity index is 5.62. The molecule has 0 aromatic carbocycles. The van der Waals surface area contributed by atoms with Gasteiger partial charge in [0.2, 0.25) is 5.78 Å². The summed E-state index contributed by atoms with van der Waals surface area (Å²) in [5.41, 5.74) is 0. The molecule has 0 amide bonds. The molecule has 0 spiro atoms. The lowest BCUT2D eigenvalue weighted by atomic mass is 9.97. The minimum absolute atomic E-state index is 0.0994. The van der Waals surface area contributed by atoms with Crippen LogP contribution in [-0.2, 0) is 4.79 Å². The second-order valence-corrected chi connectivity index (χ2v) is 3.17. The van der Waals surface area contributed by atoms with Crippen molar-refractivity contribution in [2.24, 2.45) is 0 Å². The Morgan fingerprint density at radius 3 is 1.31 bits per heavy atom. The van der Waals surface area contributed by atoms with Crippen LogP contribution in [0.3, 0.4) is 0 Å². The zero-order valence-corrected chi connectivity index (χ0v) is 7.93. The molecule has 0 N–H and O–H groups in total. The maximum Gasteiger partial charge on any atom is 0.385 e. The quantitative estimate of drug-likeness (QED) is 0.708. The normalized spacial score (nSPS) is 15.1. The van der Waals surface area contributed by atoms with Crippen LogP contribution in [0.4, 0.5) is 35.1 Å². The molecule has 0 aromatic heterocycles. The molecule has 0 atom stereocenters. The number of ketones is 1. The van der Waals surface area contributed by atoms with Gasteiger partial charge in [0, 0.05) is 13.8 Å². The lowest BCUT2D eigenvalue weighted by Crippen LogP contribution is -2.63. The lowest BCUT2D eigenvalue weighted by Gasteiger charge is -2.34. The van der Waals surface area contributed by atoms with Crippen molar-refractivity contribution in [2.45, 2.75) is 37.5 Å². The predicted octanol–water partition coefficient (Wildman–Crippen LogP) is 3.14. The Bertz CT molecular complexity index is 289. The average Bonchev–Trinajstić information content (AvgIpc) is 2.00. The van der Waals surface area contributed by atoms with Crippen LogP contribution in [-0.4, -0.2) is 29.5 Å². The first kappa shape index (κ1) is 15.1. The predicted molar refractivity (Wildman–Crippen MR) is 36.1 cm³/mol. The summed E-state index contributed by atoms with van der Waals surface area (Å²) >= 11 is 0. The number of carbonyl (C=O) groups excluding carboxylic acids is 1. The number of halogens is 8. The first-order chi connectivity index (χ1) is 6.69. The minimum atomic E-state index is -6.47. The van der Waals surface area contributed by atoms with Gasteiger partial charge in [-0.1, -0.05) is 0 Å². The smallest absolute Gasteiger partial charge is 0.293 e. The summed E-state index contributed by atoms with van der Waals surface area (Å²) in [5, 5.41) is 0. The van der Waals surface area contributed by atoms with E-state index in [1.54, 1.807) is 0 Å². The summed E-state index contributed by atoms with van der Waals surface area (Å²) in [7, 11) is 0. The van der Waals surface area contributed by atoms with Gasteiger partial charge in [0.05, 0.1) is 0 Å². The molecule has 16 heavy (non-hydrogen) atoms. The molecule has 0 aliphatic rings. The van der Waals surface area contributed by atoms with Crippen LogP contribution in [0.5, 0.6) is 0 Å². The number of rotatable bonds is 4. The summed E-state index contributed by atoms with van der Waals surface area (Å²) in [5.74, 6) is -26.7. The van der Waals surface area contributed by atoms with E-state index in [0.29, 0.717) is 0 Å². The molecule has 0 fully saturated rings. The third kappa shape index (κ3) is 1.86. The van der Waals surface area contributed by atoms with Gasteiger partial charge in [0.15, 0.2) is 0 Å². The molecular formula is C7H6F8O. The van der Waals surface area contributed by atoms with E-state index in [2.05, 4.69) is 0 Å². The Kier molecular flexibility index (Phi) is 3.36. The molecular weight excluding hydrogens is 252 g/mol. The van der Waals surface area contributed by atoms with Gasteiger partial charge in [-0.15, -0.1) is 0 Å². The van der Waals surface area contributed by atoms with Crippen molar-refractivity contribution in [3.63, 3.8) is 0 Å². The van der Waals surface area contributed by atoms with Crippen LogP contribution in [0, 0.1) is 0 Å². The van der Waals surface area contributed by atoms with Gasteiger partial charge in [-0.25, -0.2) is 0 Å². The highest BCUT2D eigenvalue weighted by molar-refractivity contribution is 5.84. The van der Waals surface area contributed by atoms with Crippen molar-refractivity contribution in [1.82, 2.24) is 0 Å². The first-order valence-electron chi connectivity index (χ1n) is 3.72. The van der Waals surface area contributed by atoms with Crippen molar-refractivity contribution in [3.05, 3.63) is 0 Å². The van der Waals surface area contributed by atoms with Crippen molar-refractivity contribution in [2.75, 3.05) is 0 Å². The Hall–Kier alpha value is -0.890. The highest BCUT2D eigenvalue weighted by Gasteiger charge is 2.80. The molecule has 0 aromatic rings. The van der Waals surface area contributed by atoms with Crippen molar-refractivity contribution in [3.8, 4) is 0 Å². The SMILES string of the molecule is CC(=O)C(F)(F)C(F)(F)C(F)(F)C(C)(F)F. The lowest BCUT2D eigenvalue weighted by molar-refractivity contribution is -0.351. The largest absolute Gasteiger partial charge is 0.385 e. The van der Waals surface area contributed by atoms with Gasteiger partial charge in [0.1, 0.15) is 0 Å². The fraction of sp³-hybridized carbons (Fsp3) is 0.857. The molecule has 1 nitrogen and oxygen atoms in total. The summed E-state index contributed by atoms with van der Waals surface area (Å²) in [6.45, 7) is -0.741. The number of carbonyl (C=O) groups is 1. The highest BCUT2D eigenvalue weighted by atomic mass is 19.4. The van der Waals surface area contributed by atoms with E-state index < -0.39 is 36.4 Å². The molecule has 0 saturated carbocycles. The van der Waals surface area contributed by atoms with E-state index >= 15 is 0 Å². The van der Waals surface area contributed by atoms with Crippen molar-refractivity contribution in [1.29, 1.82) is 0 Å². The molecule has 0 rings (SSSR count). The average molecular weight is 258 g/mol. The van der Waals surface area contributed by atoms with Gasteiger partial charge < -0.3 is 0 Å². The molecule has 0 saturated heterocycles. The number of alkyl halides is 8. The summed E-state index contributed by atoms with van der Waals surface area (Å²) in [6.07, 6.45) is 0. The van der Waals surface area contributed by atoms with Crippen LogP contribution in [0.1, 0.15) is 13.8 Å². The van der Waals surface area contributed by atoms with Crippen molar-refractivity contribution >= 4 is 5.78 Å². The second kappa shape index (κ2) is 3.56. The van der Waals surface area contributed by atoms with Gasteiger partial charge in [0.25, 0.3) is 0 Å². The van der Waals surface area contributed by atoms with E-state index in [9.17, 15) is 39.9 Å². The van der Waals surface area contributed by atoms with Crippen LogP contribution in [0.25, 0.3) is 0 Å². The number of hydrogen-bond donors (Lipinski definition) is 0. The van der Waals surface area contributed by atoms with E-state index in [4.69, 9.17) is 0 Å². The Labute approximate surface area is 84.4 Å². The Morgan fingerprint density at radius 1 is 0.812 bits per heavy atom. The molecule has 0 unspecified atom stereocenters. The highest BCUT2D eigenvalue weighted by Crippen LogP contribution is 2.52. The van der Waals surface area contributed by atoms with Gasteiger partial charge >= 0.3 is 23.7 Å². The molecule has 0 heterocycles. The summed E-state index contributed by atoms with van der Waals surface area (Å²) in [4.78, 5) is 10.1. The number of Topliss-reactive ketones (excluding diaryl/α,β-unsaturated/α-hetero) is 1. The van der Waals surface area contributed by atoms with Gasteiger partial charge in [-0.3, -0.25) is 4.79 Å².